The number of nitrogens with zero attached hydrogens (tertiary/aromatic N) is 2. The second-order valence-electron chi connectivity index (χ2n) is 7.62. The van der Waals surface area contributed by atoms with Gasteiger partial charge in [0.1, 0.15) is 6.10 Å². The second-order valence-corrected chi connectivity index (χ2v) is 10.8. The summed E-state index contributed by atoms with van der Waals surface area (Å²) in [5.74, 6) is -0.612. The maximum atomic E-state index is 15.7. The third-order valence-corrected chi connectivity index (χ3v) is 8.22. The Morgan fingerprint density at radius 2 is 2.03 bits per heavy atom. The van der Waals surface area contributed by atoms with Gasteiger partial charge in [-0.05, 0) is 26.7 Å². The van der Waals surface area contributed by atoms with Crippen LogP contribution in [0.15, 0.2) is 15.8 Å². The number of aryl methyl sites for hydroxylation is 1. The van der Waals surface area contributed by atoms with Crippen molar-refractivity contribution in [3.05, 3.63) is 32.6 Å². The van der Waals surface area contributed by atoms with E-state index < -0.39 is 57.9 Å². The molecule has 192 valence electrons. The highest BCUT2D eigenvalue weighted by molar-refractivity contribution is 7.53. The summed E-state index contributed by atoms with van der Waals surface area (Å²) in [6, 6.07) is 1.90. The molecule has 34 heavy (non-hydrogen) atoms. The van der Waals surface area contributed by atoms with Gasteiger partial charge in [0.25, 0.3) is 14.1 Å². The van der Waals surface area contributed by atoms with Crippen LogP contribution in [0.25, 0.3) is 0 Å². The lowest BCUT2D eigenvalue weighted by Gasteiger charge is -2.28. The molecule has 0 bridgehead atoms. The van der Waals surface area contributed by atoms with Crippen molar-refractivity contribution in [3.8, 4) is 6.07 Å². The highest BCUT2D eigenvalue weighted by Gasteiger charge is 2.51. The van der Waals surface area contributed by atoms with Crippen molar-refractivity contribution in [2.75, 3.05) is 26.0 Å². The van der Waals surface area contributed by atoms with Crippen LogP contribution in [-0.4, -0.2) is 53.9 Å². The van der Waals surface area contributed by atoms with Crippen LogP contribution >= 0.6 is 16.1 Å². The fraction of sp³-hybridized carbons (Fsp3) is 0.737. The fourth-order valence-electron chi connectivity index (χ4n) is 3.55. The Balaban J connectivity index is 2.35. The van der Waals surface area contributed by atoms with Gasteiger partial charge in [-0.1, -0.05) is 6.92 Å². The number of hydrogen-bond donors (Lipinski definition) is 2. The first-order valence-electron chi connectivity index (χ1n) is 10.8. The van der Waals surface area contributed by atoms with E-state index in [1.807, 2.05) is 6.07 Å². The smallest absolute Gasteiger partial charge is 0.331 e. The van der Waals surface area contributed by atoms with Gasteiger partial charge in [0.2, 0.25) is 0 Å². The molecule has 0 saturated carbocycles. The lowest BCUT2D eigenvalue weighted by molar-refractivity contribution is -0.0450. The second kappa shape index (κ2) is 13.0. The molecule has 0 spiro atoms. The average Bonchev–Trinajstić information content (AvgIpc) is 3.07. The number of nitrogens with one attached hydrogen (secondary N) is 1. The predicted molar refractivity (Wildman–Crippen MR) is 122 cm³/mol. The summed E-state index contributed by atoms with van der Waals surface area (Å²) < 4.78 is 57.1. The highest BCUT2D eigenvalue weighted by atomic mass is 31.2. The normalized spacial score (nSPS) is 24.6. The first-order chi connectivity index (χ1) is 16.1. The van der Waals surface area contributed by atoms with Gasteiger partial charge in [-0.2, -0.15) is 5.26 Å². The molecule has 1 aliphatic rings. The molecule has 0 aromatic carbocycles. The van der Waals surface area contributed by atoms with E-state index in [1.54, 1.807) is 20.8 Å². The van der Waals surface area contributed by atoms with Crippen LogP contribution in [0.4, 0.5) is 4.39 Å². The van der Waals surface area contributed by atoms with E-state index in [2.05, 4.69) is 4.98 Å². The Kier molecular flexibility index (Phi) is 11.0. The molecule has 12 nitrogen and oxygen atoms in total. The Morgan fingerprint density at radius 1 is 1.38 bits per heavy atom. The molecule has 0 amide bonds. The molecular formula is C19H31FN4O8P2. The summed E-state index contributed by atoms with van der Waals surface area (Å²) >= 11 is 0. The minimum Gasteiger partial charge on any atom is -0.348 e. The van der Waals surface area contributed by atoms with Crippen molar-refractivity contribution >= 4 is 16.1 Å². The molecule has 0 aliphatic carbocycles. The number of hydrogen-bond acceptors (Lipinski definition) is 10. The molecule has 1 unspecified atom stereocenters. The molecule has 3 N–H and O–H groups in total. The maximum absolute atomic E-state index is 15.7. The molecular weight excluding hydrogens is 493 g/mol. The number of aromatic nitrogens is 2. The first-order valence-corrected chi connectivity index (χ1v) is 13.8. The van der Waals surface area contributed by atoms with E-state index in [0.717, 1.165) is 4.57 Å². The Labute approximate surface area is 198 Å². The molecule has 1 aromatic heterocycles. The van der Waals surface area contributed by atoms with E-state index >= 15 is 4.39 Å². The summed E-state index contributed by atoms with van der Waals surface area (Å²) in [6.07, 6.45) is -4.47. The lowest BCUT2D eigenvalue weighted by Crippen LogP contribution is -2.38. The van der Waals surface area contributed by atoms with Gasteiger partial charge >= 0.3 is 13.3 Å². The van der Waals surface area contributed by atoms with Crippen LogP contribution in [0.1, 0.15) is 39.0 Å². The standard InChI is InChI=1S/C19H31FN4O8P2/c1-5-29-34(27,30-6-2)11-13(4)15-16(32-33(22)28-9-7-8-21)14(20)18(31-15)24-10-12(3)17(25)23-19(24)26/h10,13-16,18H,5-7,9,11,22H2,1-4H3,(H,23,25,26)/t13-,14+,15+,16-,18+,33?/m0/s1. The summed E-state index contributed by atoms with van der Waals surface area (Å²) in [5.41, 5.74) is 4.60. The Morgan fingerprint density at radius 3 is 2.62 bits per heavy atom. The number of nitrogens with two attached hydrogens (primary N) is 1. The monoisotopic (exact) mass is 524 g/mol. The van der Waals surface area contributed by atoms with Gasteiger partial charge in [0.15, 0.2) is 12.4 Å². The predicted octanol–water partition coefficient (Wildman–Crippen LogP) is 2.48. The highest BCUT2D eigenvalue weighted by Crippen LogP contribution is 2.52. The van der Waals surface area contributed by atoms with Crippen LogP contribution < -0.4 is 16.8 Å². The third-order valence-electron chi connectivity index (χ3n) is 5.01. The van der Waals surface area contributed by atoms with Crippen LogP contribution in [0.2, 0.25) is 0 Å². The van der Waals surface area contributed by atoms with Gasteiger partial charge in [-0.25, -0.2) is 9.18 Å². The quantitative estimate of drug-likeness (QED) is 0.289. The van der Waals surface area contributed by atoms with Crippen LogP contribution in [0, 0.1) is 24.2 Å². The zero-order valence-corrected chi connectivity index (χ0v) is 21.3. The topological polar surface area (TPSA) is 168 Å². The molecule has 6 atom stereocenters. The molecule has 1 aromatic rings. The minimum absolute atomic E-state index is 0.00462. The van der Waals surface area contributed by atoms with Crippen LogP contribution in [0.3, 0.4) is 0 Å². The molecule has 2 rings (SSSR count). The number of aromatic amines is 1. The summed E-state index contributed by atoms with van der Waals surface area (Å²) in [4.78, 5) is 26.2. The van der Waals surface area contributed by atoms with E-state index in [0.29, 0.717) is 0 Å². The van der Waals surface area contributed by atoms with E-state index in [-0.39, 0.29) is 38.0 Å². The number of alkyl halides is 1. The molecule has 1 saturated heterocycles. The zero-order valence-electron chi connectivity index (χ0n) is 19.5. The number of ether oxygens (including phenoxy) is 1. The minimum atomic E-state index is -3.51. The Bertz CT molecular complexity index is 1010. The van der Waals surface area contributed by atoms with Gasteiger partial charge in [0, 0.05) is 11.8 Å². The van der Waals surface area contributed by atoms with Crippen LogP contribution in [0.5, 0.6) is 0 Å². The zero-order chi connectivity index (χ0) is 25.5. The lowest BCUT2D eigenvalue weighted by atomic mass is 10.0. The van der Waals surface area contributed by atoms with Crippen molar-refractivity contribution in [2.24, 2.45) is 11.4 Å². The Hall–Kier alpha value is -1.48. The van der Waals surface area contributed by atoms with Crippen LogP contribution in [-0.2, 0) is 27.4 Å². The summed E-state index contributed by atoms with van der Waals surface area (Å²) in [5, 5.41) is 8.65. The molecule has 2 heterocycles. The fourth-order valence-corrected chi connectivity index (χ4v) is 6.35. The van der Waals surface area contributed by atoms with Crippen molar-refractivity contribution in [1.29, 1.82) is 5.26 Å². The molecule has 15 heteroatoms. The number of H-pyrrole nitrogens is 1. The number of halogens is 1. The SMILES string of the molecule is CCOP(=O)(C[C@H](C)[C@H]1O[C@@H](n2cc(C)c(=O)[nH]c2=O)[C@H](F)[C@@H]1OP(N)OCCC#N)OCC. The molecule has 1 fully saturated rings. The van der Waals surface area contributed by atoms with Gasteiger partial charge in [-0.3, -0.25) is 24.4 Å². The largest absolute Gasteiger partial charge is 0.348 e. The first kappa shape index (κ1) is 28.8. The molecule has 1 aliphatic heterocycles. The number of rotatable bonds is 13. The van der Waals surface area contributed by atoms with Crippen molar-refractivity contribution in [2.45, 2.75) is 58.7 Å². The van der Waals surface area contributed by atoms with E-state index in [9.17, 15) is 14.2 Å². The van der Waals surface area contributed by atoms with Gasteiger partial charge in [-0.15, -0.1) is 0 Å². The molecule has 0 radical (unpaired) electrons. The van der Waals surface area contributed by atoms with Crippen molar-refractivity contribution in [1.82, 2.24) is 9.55 Å². The summed E-state index contributed by atoms with van der Waals surface area (Å²) in [6.45, 7) is 6.77. The number of nitriles is 1. The third kappa shape index (κ3) is 7.26. The maximum Gasteiger partial charge on any atom is 0.331 e. The average molecular weight is 524 g/mol. The van der Waals surface area contributed by atoms with E-state index in [4.69, 9.17) is 33.6 Å². The van der Waals surface area contributed by atoms with Gasteiger partial charge < -0.3 is 22.8 Å². The summed E-state index contributed by atoms with van der Waals surface area (Å²) in [7, 11) is -5.60. The van der Waals surface area contributed by atoms with Gasteiger partial charge in [0.05, 0.1) is 44.6 Å². The van der Waals surface area contributed by atoms with E-state index in [1.165, 1.54) is 13.1 Å². The van der Waals surface area contributed by atoms with Crippen molar-refractivity contribution in [3.63, 3.8) is 0 Å². The van der Waals surface area contributed by atoms with Crippen molar-refractivity contribution < 1.29 is 31.8 Å².